The topological polar surface area (TPSA) is 42.4 Å². The number of benzene rings is 1. The Kier molecular flexibility index (Phi) is 4.96. The summed E-state index contributed by atoms with van der Waals surface area (Å²) in [5, 5.41) is 10.9. The van der Waals surface area contributed by atoms with Crippen molar-refractivity contribution >= 4 is 26.7 Å². The van der Waals surface area contributed by atoms with Crippen LogP contribution in [0.4, 0.5) is 0 Å². The van der Waals surface area contributed by atoms with Crippen molar-refractivity contribution in [1.29, 1.82) is 0 Å². The molecule has 0 atom stereocenters. The lowest BCUT2D eigenvalue weighted by Crippen LogP contribution is -1.97. The number of unbranched alkanes of at least 4 members (excludes halogenated alkanes) is 2. The third-order valence-corrected chi connectivity index (χ3v) is 3.16. The van der Waals surface area contributed by atoms with Crippen molar-refractivity contribution in [1.82, 2.24) is 4.98 Å². The van der Waals surface area contributed by atoms with Gasteiger partial charge in [0.2, 0.25) is 0 Å². The minimum absolute atomic E-state index is 0.261. The smallest absolute Gasteiger partial charge is 0.119 e. The van der Waals surface area contributed by atoms with Gasteiger partial charge in [0.15, 0.2) is 0 Å². The Morgan fingerprint density at radius 3 is 2.83 bits per heavy atom. The molecule has 1 aromatic heterocycles. The molecule has 0 amide bonds. The summed E-state index contributed by atoms with van der Waals surface area (Å²) in [5.74, 6) is 0.879. The number of halogens is 1. The molecule has 0 aliphatic carbocycles. The molecule has 0 aliphatic rings. The van der Waals surface area contributed by atoms with E-state index in [9.17, 15) is 0 Å². The van der Waals surface area contributed by atoms with E-state index in [4.69, 9.17) is 9.84 Å². The third-order valence-electron chi connectivity index (χ3n) is 2.73. The summed E-state index contributed by atoms with van der Waals surface area (Å²) in [6, 6.07) is 7.98. The average molecular weight is 310 g/mol. The fraction of sp³-hybridized carbons (Fsp3) is 0.357. The number of pyridine rings is 1. The first-order valence-corrected chi connectivity index (χ1v) is 6.88. The van der Waals surface area contributed by atoms with Gasteiger partial charge in [0.25, 0.3) is 0 Å². The van der Waals surface area contributed by atoms with Crippen molar-refractivity contribution in [2.75, 3.05) is 13.2 Å². The lowest BCUT2D eigenvalue weighted by molar-refractivity contribution is 0.266. The number of nitrogens with zero attached hydrogens (tertiary/aromatic N) is 1. The standard InChI is InChI=1S/C14H16BrNO2/c15-14-9-12-8-13(5-4-11(12)10-16-14)18-7-3-1-2-6-17/h4-5,8-10,17H,1-3,6-7H2. The van der Waals surface area contributed by atoms with Gasteiger partial charge in [0.05, 0.1) is 6.61 Å². The molecule has 3 nitrogen and oxygen atoms in total. The van der Waals surface area contributed by atoms with E-state index in [2.05, 4.69) is 20.9 Å². The molecule has 1 N–H and O–H groups in total. The van der Waals surface area contributed by atoms with Gasteiger partial charge >= 0.3 is 0 Å². The summed E-state index contributed by atoms with van der Waals surface area (Å²) >= 11 is 3.36. The summed E-state index contributed by atoms with van der Waals surface area (Å²) in [6.45, 7) is 0.953. The van der Waals surface area contributed by atoms with Gasteiger partial charge in [-0.2, -0.15) is 0 Å². The van der Waals surface area contributed by atoms with Crippen molar-refractivity contribution in [3.63, 3.8) is 0 Å². The molecule has 4 heteroatoms. The molecule has 1 aromatic carbocycles. The third kappa shape index (κ3) is 3.68. The number of hydrogen-bond donors (Lipinski definition) is 1. The van der Waals surface area contributed by atoms with Crippen LogP contribution in [0.15, 0.2) is 35.1 Å². The van der Waals surface area contributed by atoms with E-state index in [0.717, 1.165) is 40.4 Å². The molecule has 0 saturated heterocycles. The molecule has 96 valence electrons. The van der Waals surface area contributed by atoms with Crippen LogP contribution in [0, 0.1) is 0 Å². The Balaban J connectivity index is 1.97. The number of aliphatic hydroxyl groups excluding tert-OH is 1. The zero-order chi connectivity index (χ0) is 12.8. The first kappa shape index (κ1) is 13.3. The quantitative estimate of drug-likeness (QED) is 0.655. The number of aliphatic hydroxyl groups is 1. The number of ether oxygens (including phenoxy) is 1. The normalized spacial score (nSPS) is 10.8. The van der Waals surface area contributed by atoms with E-state index in [0.29, 0.717) is 6.61 Å². The number of hydrogen-bond acceptors (Lipinski definition) is 3. The summed E-state index contributed by atoms with van der Waals surface area (Å²) in [6.07, 6.45) is 4.66. The first-order chi connectivity index (χ1) is 8.79. The minimum atomic E-state index is 0.261. The van der Waals surface area contributed by atoms with E-state index in [1.165, 1.54) is 0 Å². The SMILES string of the molecule is OCCCCCOc1ccc2cnc(Br)cc2c1. The number of aromatic nitrogens is 1. The molecular formula is C14H16BrNO2. The molecular weight excluding hydrogens is 294 g/mol. The van der Waals surface area contributed by atoms with Crippen molar-refractivity contribution in [2.45, 2.75) is 19.3 Å². The molecule has 0 spiro atoms. The molecule has 0 unspecified atom stereocenters. The van der Waals surface area contributed by atoms with Gasteiger partial charge in [-0.05, 0) is 64.8 Å². The first-order valence-electron chi connectivity index (χ1n) is 6.08. The van der Waals surface area contributed by atoms with Crippen LogP contribution in [0.2, 0.25) is 0 Å². The van der Waals surface area contributed by atoms with Gasteiger partial charge in [-0.3, -0.25) is 0 Å². The minimum Gasteiger partial charge on any atom is -0.494 e. The van der Waals surface area contributed by atoms with Crippen molar-refractivity contribution in [2.24, 2.45) is 0 Å². The fourth-order valence-electron chi connectivity index (χ4n) is 1.76. The van der Waals surface area contributed by atoms with Gasteiger partial charge in [-0.1, -0.05) is 0 Å². The number of rotatable bonds is 6. The molecule has 18 heavy (non-hydrogen) atoms. The average Bonchev–Trinajstić information content (AvgIpc) is 2.38. The zero-order valence-corrected chi connectivity index (χ0v) is 11.7. The summed E-state index contributed by atoms with van der Waals surface area (Å²) in [4.78, 5) is 4.19. The lowest BCUT2D eigenvalue weighted by Gasteiger charge is -2.07. The predicted molar refractivity (Wildman–Crippen MR) is 75.9 cm³/mol. The van der Waals surface area contributed by atoms with Crippen LogP contribution in [-0.4, -0.2) is 23.3 Å². The maximum absolute atomic E-state index is 8.68. The van der Waals surface area contributed by atoms with Gasteiger partial charge in [0.1, 0.15) is 10.4 Å². The molecule has 0 aliphatic heterocycles. The second-order valence-corrected chi connectivity index (χ2v) is 4.96. The van der Waals surface area contributed by atoms with Gasteiger partial charge < -0.3 is 9.84 Å². The molecule has 0 fully saturated rings. The Hall–Kier alpha value is -1.13. The number of fused-ring (bicyclic) bond motifs is 1. The molecule has 0 bridgehead atoms. The second-order valence-electron chi connectivity index (χ2n) is 4.15. The fourth-order valence-corrected chi connectivity index (χ4v) is 2.11. The Morgan fingerprint density at radius 2 is 2.00 bits per heavy atom. The van der Waals surface area contributed by atoms with E-state index >= 15 is 0 Å². The summed E-state index contributed by atoms with van der Waals surface area (Å²) in [5.41, 5.74) is 0. The van der Waals surface area contributed by atoms with Crippen LogP contribution in [0.3, 0.4) is 0 Å². The summed E-state index contributed by atoms with van der Waals surface area (Å²) in [7, 11) is 0. The second kappa shape index (κ2) is 6.71. The molecule has 2 aromatic rings. The Bertz CT molecular complexity index is 516. The monoisotopic (exact) mass is 309 g/mol. The highest BCUT2D eigenvalue weighted by molar-refractivity contribution is 9.10. The highest BCUT2D eigenvalue weighted by atomic mass is 79.9. The van der Waals surface area contributed by atoms with Gasteiger partial charge in [-0.25, -0.2) is 4.98 Å². The van der Waals surface area contributed by atoms with Crippen molar-refractivity contribution in [3.05, 3.63) is 35.1 Å². The van der Waals surface area contributed by atoms with Crippen LogP contribution in [0.25, 0.3) is 10.8 Å². The van der Waals surface area contributed by atoms with Crippen LogP contribution in [0.1, 0.15) is 19.3 Å². The van der Waals surface area contributed by atoms with Crippen LogP contribution in [-0.2, 0) is 0 Å². The van der Waals surface area contributed by atoms with Gasteiger partial charge in [-0.15, -0.1) is 0 Å². The van der Waals surface area contributed by atoms with E-state index in [1.807, 2.05) is 30.5 Å². The molecule has 2 rings (SSSR count). The van der Waals surface area contributed by atoms with Crippen molar-refractivity contribution < 1.29 is 9.84 Å². The van der Waals surface area contributed by atoms with Gasteiger partial charge in [0, 0.05) is 18.2 Å². The highest BCUT2D eigenvalue weighted by Crippen LogP contribution is 2.22. The Morgan fingerprint density at radius 1 is 1.11 bits per heavy atom. The highest BCUT2D eigenvalue weighted by Gasteiger charge is 1.99. The van der Waals surface area contributed by atoms with Crippen LogP contribution >= 0.6 is 15.9 Å². The maximum atomic E-state index is 8.68. The molecule has 0 saturated carbocycles. The van der Waals surface area contributed by atoms with E-state index in [1.54, 1.807) is 0 Å². The predicted octanol–water partition coefficient (Wildman–Crippen LogP) is 3.54. The Labute approximate surface area is 115 Å². The maximum Gasteiger partial charge on any atom is 0.119 e. The van der Waals surface area contributed by atoms with Crippen LogP contribution in [0.5, 0.6) is 5.75 Å². The lowest BCUT2D eigenvalue weighted by atomic mass is 10.2. The largest absolute Gasteiger partial charge is 0.494 e. The zero-order valence-electron chi connectivity index (χ0n) is 10.1. The van der Waals surface area contributed by atoms with E-state index < -0.39 is 0 Å². The molecule has 0 radical (unpaired) electrons. The van der Waals surface area contributed by atoms with Crippen LogP contribution < -0.4 is 4.74 Å². The van der Waals surface area contributed by atoms with E-state index in [-0.39, 0.29) is 6.61 Å². The van der Waals surface area contributed by atoms with Crippen molar-refractivity contribution in [3.8, 4) is 5.75 Å². The molecule has 1 heterocycles. The summed E-state index contributed by atoms with van der Waals surface area (Å²) < 4.78 is 6.51.